The van der Waals surface area contributed by atoms with Crippen molar-refractivity contribution in [1.82, 2.24) is 9.55 Å². The van der Waals surface area contributed by atoms with Crippen molar-refractivity contribution < 1.29 is 9.53 Å². The molecule has 3 aromatic rings. The van der Waals surface area contributed by atoms with E-state index in [2.05, 4.69) is 10.3 Å². The molecule has 0 aliphatic heterocycles. The molecule has 0 atom stereocenters. The largest absolute Gasteiger partial charge is 0.478 e. The lowest BCUT2D eigenvalue weighted by Crippen LogP contribution is -2.22. The third-order valence-electron chi connectivity index (χ3n) is 3.58. The molecule has 6 nitrogen and oxygen atoms in total. The molecular weight excluding hydrogens is 294 g/mol. The molecule has 6 heteroatoms. The molecule has 3 rings (SSSR count). The van der Waals surface area contributed by atoms with Crippen molar-refractivity contribution in [3.63, 3.8) is 0 Å². The minimum atomic E-state index is -0.318. The van der Waals surface area contributed by atoms with Gasteiger partial charge < -0.3 is 19.6 Å². The average molecular weight is 311 g/mol. The molecule has 118 valence electrons. The average Bonchev–Trinajstić information content (AvgIpc) is 2.89. The molecule has 0 saturated heterocycles. The van der Waals surface area contributed by atoms with Crippen LogP contribution in [0.5, 0.6) is 5.75 Å². The highest BCUT2D eigenvalue weighted by Gasteiger charge is 2.09. The van der Waals surface area contributed by atoms with E-state index in [0.29, 0.717) is 0 Å². The minimum Gasteiger partial charge on any atom is -0.478 e. The summed E-state index contributed by atoms with van der Waals surface area (Å²) < 4.78 is 7.26. The summed E-state index contributed by atoms with van der Waals surface area (Å²) in [5.41, 5.74) is 2.23. The molecule has 0 fully saturated rings. The number of hydrogen-bond acceptors (Lipinski definition) is 3. The minimum absolute atomic E-state index is 0.128. The second-order valence-corrected chi connectivity index (χ2v) is 5.35. The number of aromatic nitrogens is 2. The Kier molecular flexibility index (Phi) is 3.89. The number of hydrogen-bond donors (Lipinski definition) is 2. The number of carbonyl (C=O) groups excluding carboxylic acids is 1. The quantitative estimate of drug-likeness (QED) is 0.775. The first-order valence-corrected chi connectivity index (χ1v) is 7.20. The van der Waals surface area contributed by atoms with Gasteiger partial charge in [-0.05, 0) is 25.1 Å². The molecule has 2 aromatic heterocycles. The van der Waals surface area contributed by atoms with Crippen LogP contribution >= 0.6 is 0 Å². The molecule has 23 heavy (non-hydrogen) atoms. The number of pyridine rings is 1. The van der Waals surface area contributed by atoms with Crippen LogP contribution in [0.25, 0.3) is 10.9 Å². The molecule has 0 radical (unpaired) electrons. The van der Waals surface area contributed by atoms with Crippen LogP contribution in [-0.4, -0.2) is 22.1 Å². The number of fused-ring (bicyclic) bond motifs is 1. The standard InChI is InChI=1S/C17H17N3O3/c1-11-8-15(21)16(9-18-11)23-10-17(22)19-13-4-3-5-14-12(13)6-7-20(14)2/h3-9H,10H2,1-2H3,(H,18,21)(H,19,22). The van der Waals surface area contributed by atoms with Crippen LogP contribution in [0.4, 0.5) is 5.69 Å². The Bertz CT molecular complexity index is 924. The molecule has 2 heterocycles. The zero-order valence-electron chi connectivity index (χ0n) is 12.9. The SMILES string of the molecule is Cc1cc(=O)c(OCC(=O)Nc2cccc3c2ccn3C)c[nH]1. The van der Waals surface area contributed by atoms with E-state index in [1.54, 1.807) is 6.92 Å². The van der Waals surface area contributed by atoms with E-state index in [4.69, 9.17) is 4.74 Å². The number of benzene rings is 1. The van der Waals surface area contributed by atoms with Crippen molar-refractivity contribution in [3.8, 4) is 5.75 Å². The molecule has 0 aliphatic rings. The zero-order valence-corrected chi connectivity index (χ0v) is 12.9. The summed E-state index contributed by atoms with van der Waals surface area (Å²) >= 11 is 0. The van der Waals surface area contributed by atoms with E-state index in [0.717, 1.165) is 22.3 Å². The molecule has 0 bridgehead atoms. The van der Waals surface area contributed by atoms with Crippen LogP contribution in [0.1, 0.15) is 5.69 Å². The summed E-state index contributed by atoms with van der Waals surface area (Å²) in [5.74, 6) is -0.190. The van der Waals surface area contributed by atoms with E-state index in [9.17, 15) is 9.59 Å². The van der Waals surface area contributed by atoms with Gasteiger partial charge in [-0.25, -0.2) is 0 Å². The lowest BCUT2D eigenvalue weighted by molar-refractivity contribution is -0.118. The van der Waals surface area contributed by atoms with Gasteiger partial charge in [0.1, 0.15) is 0 Å². The Morgan fingerprint density at radius 2 is 2.17 bits per heavy atom. The number of aromatic amines is 1. The number of ether oxygens (including phenoxy) is 1. The number of rotatable bonds is 4. The maximum Gasteiger partial charge on any atom is 0.262 e. The van der Waals surface area contributed by atoms with Gasteiger partial charge in [-0.3, -0.25) is 9.59 Å². The van der Waals surface area contributed by atoms with Gasteiger partial charge >= 0.3 is 0 Å². The van der Waals surface area contributed by atoms with Crippen LogP contribution in [0.15, 0.2) is 47.5 Å². The summed E-state index contributed by atoms with van der Waals surface area (Å²) in [5, 5.41) is 3.76. The molecule has 0 saturated carbocycles. The maximum atomic E-state index is 12.1. The molecule has 0 unspecified atom stereocenters. The topological polar surface area (TPSA) is 76.1 Å². The highest BCUT2D eigenvalue weighted by molar-refractivity contribution is 6.01. The van der Waals surface area contributed by atoms with Crippen molar-refractivity contribution in [2.75, 3.05) is 11.9 Å². The van der Waals surface area contributed by atoms with Crippen LogP contribution in [0.2, 0.25) is 0 Å². The Labute approximate surface area is 132 Å². The summed E-state index contributed by atoms with van der Waals surface area (Å²) in [6.45, 7) is 1.55. The van der Waals surface area contributed by atoms with Gasteiger partial charge in [0.25, 0.3) is 5.91 Å². The Hall–Kier alpha value is -3.02. The van der Waals surface area contributed by atoms with Crippen molar-refractivity contribution in [2.45, 2.75) is 6.92 Å². The zero-order chi connectivity index (χ0) is 16.4. The Morgan fingerprint density at radius 1 is 1.35 bits per heavy atom. The van der Waals surface area contributed by atoms with Crippen molar-refractivity contribution >= 4 is 22.5 Å². The summed E-state index contributed by atoms with van der Waals surface area (Å²) in [7, 11) is 1.95. The van der Waals surface area contributed by atoms with Crippen LogP contribution < -0.4 is 15.5 Å². The fourth-order valence-corrected chi connectivity index (χ4v) is 2.41. The molecule has 0 spiro atoms. The van der Waals surface area contributed by atoms with E-state index in [-0.39, 0.29) is 23.7 Å². The lowest BCUT2D eigenvalue weighted by Gasteiger charge is -2.08. The van der Waals surface area contributed by atoms with Gasteiger partial charge in [-0.15, -0.1) is 0 Å². The first-order valence-electron chi connectivity index (χ1n) is 7.20. The number of nitrogens with zero attached hydrogens (tertiary/aromatic N) is 1. The fraction of sp³-hybridized carbons (Fsp3) is 0.176. The van der Waals surface area contributed by atoms with E-state index < -0.39 is 0 Å². The first-order chi connectivity index (χ1) is 11.0. The van der Waals surface area contributed by atoms with Crippen LogP contribution in [0.3, 0.4) is 0 Å². The molecular formula is C17H17N3O3. The van der Waals surface area contributed by atoms with E-state index in [1.807, 2.05) is 42.1 Å². The molecule has 0 aliphatic carbocycles. The summed E-state index contributed by atoms with van der Waals surface area (Å²) in [6, 6.07) is 9.06. The Balaban J connectivity index is 1.70. The number of nitrogens with one attached hydrogen (secondary N) is 2. The number of anilines is 1. The van der Waals surface area contributed by atoms with E-state index in [1.165, 1.54) is 12.3 Å². The highest BCUT2D eigenvalue weighted by Crippen LogP contribution is 2.23. The van der Waals surface area contributed by atoms with Crippen molar-refractivity contribution in [1.29, 1.82) is 0 Å². The van der Waals surface area contributed by atoms with Gasteiger partial charge in [0.15, 0.2) is 12.4 Å². The van der Waals surface area contributed by atoms with E-state index >= 15 is 0 Å². The normalized spacial score (nSPS) is 10.7. The van der Waals surface area contributed by atoms with Gasteiger partial charge in [-0.1, -0.05) is 6.07 Å². The smallest absolute Gasteiger partial charge is 0.262 e. The van der Waals surface area contributed by atoms with Gasteiger partial charge in [0, 0.05) is 42.1 Å². The van der Waals surface area contributed by atoms with Gasteiger partial charge in [0.05, 0.1) is 5.69 Å². The molecule has 1 amide bonds. The van der Waals surface area contributed by atoms with Crippen molar-refractivity contribution in [2.24, 2.45) is 7.05 Å². The maximum absolute atomic E-state index is 12.1. The van der Waals surface area contributed by atoms with Gasteiger partial charge in [-0.2, -0.15) is 0 Å². The number of amides is 1. The van der Waals surface area contributed by atoms with Gasteiger partial charge in [0.2, 0.25) is 5.43 Å². The second-order valence-electron chi connectivity index (χ2n) is 5.35. The lowest BCUT2D eigenvalue weighted by atomic mass is 10.2. The molecule has 2 N–H and O–H groups in total. The number of aryl methyl sites for hydroxylation is 2. The first kappa shape index (κ1) is 14.9. The summed E-state index contributed by atoms with van der Waals surface area (Å²) in [4.78, 5) is 26.6. The second kappa shape index (κ2) is 6.00. The highest BCUT2D eigenvalue weighted by atomic mass is 16.5. The third kappa shape index (κ3) is 3.11. The monoisotopic (exact) mass is 311 g/mol. The fourth-order valence-electron chi connectivity index (χ4n) is 2.41. The van der Waals surface area contributed by atoms with Crippen molar-refractivity contribution in [3.05, 3.63) is 58.6 Å². The predicted molar refractivity (Wildman–Crippen MR) is 88.8 cm³/mol. The van der Waals surface area contributed by atoms with Crippen LogP contribution in [-0.2, 0) is 11.8 Å². The number of carbonyl (C=O) groups is 1. The third-order valence-corrected chi connectivity index (χ3v) is 3.58. The number of H-pyrrole nitrogens is 1. The van der Waals surface area contributed by atoms with Crippen LogP contribution in [0, 0.1) is 6.92 Å². The summed E-state index contributed by atoms with van der Waals surface area (Å²) in [6.07, 6.45) is 3.39. The molecule has 1 aromatic carbocycles. The predicted octanol–water partition coefficient (Wildman–Crippen LogP) is 2.19. The Morgan fingerprint density at radius 3 is 2.96 bits per heavy atom.